The van der Waals surface area contributed by atoms with Crippen molar-refractivity contribution in [2.45, 2.75) is 6.92 Å². The maximum atomic E-state index is 12.7. The van der Waals surface area contributed by atoms with E-state index >= 15 is 0 Å². The molecule has 3 aromatic rings. The zero-order valence-corrected chi connectivity index (χ0v) is 9.20. The third-order valence-corrected chi connectivity index (χ3v) is 3.01. The quantitative estimate of drug-likeness (QED) is 0.649. The highest BCUT2D eigenvalue weighted by Crippen LogP contribution is 2.23. The number of hydrogen-bond donors (Lipinski definition) is 0. The largest absolute Gasteiger partial charge is 0.251 e. The van der Waals surface area contributed by atoms with Gasteiger partial charge in [-0.25, -0.2) is 13.9 Å². The molecule has 3 aromatic heterocycles. The molecular formula is C10H7FN4S. The molecule has 0 atom stereocenters. The number of pyridine rings is 1. The van der Waals surface area contributed by atoms with Gasteiger partial charge in [0, 0.05) is 0 Å². The Balaban J connectivity index is 2.21. The predicted octanol–water partition coefficient (Wildman–Crippen LogP) is 2.30. The van der Waals surface area contributed by atoms with Crippen molar-refractivity contribution in [2.75, 3.05) is 0 Å². The van der Waals surface area contributed by atoms with E-state index in [1.54, 1.807) is 16.1 Å². The fourth-order valence-corrected chi connectivity index (χ4v) is 2.22. The van der Waals surface area contributed by atoms with E-state index in [4.69, 9.17) is 0 Å². The zero-order valence-electron chi connectivity index (χ0n) is 8.38. The van der Waals surface area contributed by atoms with E-state index < -0.39 is 0 Å². The van der Waals surface area contributed by atoms with Crippen LogP contribution in [0.5, 0.6) is 0 Å². The zero-order chi connectivity index (χ0) is 11.1. The van der Waals surface area contributed by atoms with E-state index in [1.165, 1.54) is 23.6 Å². The predicted molar refractivity (Wildman–Crippen MR) is 58.8 cm³/mol. The number of imidazole rings is 1. The summed E-state index contributed by atoms with van der Waals surface area (Å²) in [7, 11) is 0. The van der Waals surface area contributed by atoms with E-state index in [1.807, 2.05) is 6.92 Å². The molecule has 80 valence electrons. The van der Waals surface area contributed by atoms with E-state index in [-0.39, 0.29) is 5.82 Å². The molecule has 6 heteroatoms. The summed E-state index contributed by atoms with van der Waals surface area (Å²) in [4.78, 5) is 9.23. The minimum absolute atomic E-state index is 0.347. The molecule has 3 heterocycles. The summed E-state index contributed by atoms with van der Waals surface area (Å²) >= 11 is 1.46. The number of aromatic nitrogens is 4. The molecule has 16 heavy (non-hydrogen) atoms. The van der Waals surface area contributed by atoms with Gasteiger partial charge >= 0.3 is 0 Å². The SMILES string of the molecule is Cc1c(-c2ccc(F)cn2)nc2scnn12. The molecule has 0 aliphatic rings. The maximum Gasteiger partial charge on any atom is 0.212 e. The molecule has 0 bridgehead atoms. The van der Waals surface area contributed by atoms with Crippen molar-refractivity contribution in [1.82, 2.24) is 19.6 Å². The smallest absolute Gasteiger partial charge is 0.212 e. The number of hydrogen-bond acceptors (Lipinski definition) is 4. The summed E-state index contributed by atoms with van der Waals surface area (Å²) in [5.41, 5.74) is 4.06. The average Bonchev–Trinajstić information content (AvgIpc) is 2.84. The Bertz CT molecular complexity index is 640. The van der Waals surface area contributed by atoms with Crippen molar-refractivity contribution in [1.29, 1.82) is 0 Å². The number of halogens is 1. The Hall–Kier alpha value is -1.82. The van der Waals surface area contributed by atoms with Gasteiger partial charge < -0.3 is 0 Å². The minimum Gasteiger partial charge on any atom is -0.251 e. The van der Waals surface area contributed by atoms with Gasteiger partial charge in [-0.15, -0.1) is 0 Å². The second kappa shape index (κ2) is 3.34. The summed E-state index contributed by atoms with van der Waals surface area (Å²) in [5, 5.41) is 4.15. The molecule has 0 saturated heterocycles. The summed E-state index contributed by atoms with van der Waals surface area (Å²) in [6.07, 6.45) is 1.19. The van der Waals surface area contributed by atoms with Crippen molar-refractivity contribution < 1.29 is 4.39 Å². The van der Waals surface area contributed by atoms with Gasteiger partial charge in [0.05, 0.1) is 17.6 Å². The molecule has 0 saturated carbocycles. The fourth-order valence-electron chi connectivity index (χ4n) is 1.56. The Labute approximate surface area is 94.4 Å². The Morgan fingerprint density at radius 2 is 2.25 bits per heavy atom. The lowest BCUT2D eigenvalue weighted by atomic mass is 10.2. The van der Waals surface area contributed by atoms with Crippen molar-refractivity contribution in [3.8, 4) is 11.4 Å². The van der Waals surface area contributed by atoms with Crippen molar-refractivity contribution >= 4 is 16.3 Å². The van der Waals surface area contributed by atoms with Gasteiger partial charge in [0.15, 0.2) is 0 Å². The van der Waals surface area contributed by atoms with Crippen molar-refractivity contribution in [2.24, 2.45) is 0 Å². The molecule has 0 spiro atoms. The lowest BCUT2D eigenvalue weighted by Crippen LogP contribution is -1.90. The van der Waals surface area contributed by atoms with Crippen LogP contribution in [0.2, 0.25) is 0 Å². The molecule has 0 N–H and O–H groups in total. The number of fused-ring (bicyclic) bond motifs is 1. The standard InChI is InChI=1S/C10H7FN4S/c1-6-9(8-3-2-7(11)4-12-8)14-10-15(6)13-5-16-10/h2-5H,1H3. The highest BCUT2D eigenvalue weighted by atomic mass is 32.1. The first-order chi connectivity index (χ1) is 7.75. The second-order valence-electron chi connectivity index (χ2n) is 3.34. The first kappa shape index (κ1) is 9.41. The summed E-state index contributed by atoms with van der Waals surface area (Å²) in [6, 6.07) is 3.00. The normalized spacial score (nSPS) is 11.1. The van der Waals surface area contributed by atoms with E-state index in [0.29, 0.717) is 5.69 Å². The average molecular weight is 234 g/mol. The van der Waals surface area contributed by atoms with Crippen LogP contribution in [0.15, 0.2) is 23.8 Å². The van der Waals surface area contributed by atoms with Gasteiger partial charge in [-0.3, -0.25) is 4.98 Å². The van der Waals surface area contributed by atoms with Gasteiger partial charge in [-0.05, 0) is 19.1 Å². The molecule has 0 unspecified atom stereocenters. The monoisotopic (exact) mass is 234 g/mol. The first-order valence-electron chi connectivity index (χ1n) is 4.66. The van der Waals surface area contributed by atoms with Crippen LogP contribution in [0.25, 0.3) is 16.3 Å². The Kier molecular flexibility index (Phi) is 1.97. The van der Waals surface area contributed by atoms with E-state index in [0.717, 1.165) is 16.3 Å². The van der Waals surface area contributed by atoms with Crippen molar-refractivity contribution in [3.63, 3.8) is 0 Å². The van der Waals surface area contributed by atoms with E-state index in [9.17, 15) is 4.39 Å². The second-order valence-corrected chi connectivity index (χ2v) is 4.15. The van der Waals surface area contributed by atoms with E-state index in [2.05, 4.69) is 15.1 Å². The van der Waals surface area contributed by atoms with Gasteiger partial charge in [0.1, 0.15) is 17.0 Å². The summed E-state index contributed by atoms with van der Waals surface area (Å²) < 4.78 is 14.5. The molecule has 0 aliphatic carbocycles. The Morgan fingerprint density at radius 3 is 2.94 bits per heavy atom. The summed E-state index contributed by atoms with van der Waals surface area (Å²) in [5.74, 6) is -0.347. The lowest BCUT2D eigenvalue weighted by Gasteiger charge is -1.96. The van der Waals surface area contributed by atoms with Crippen LogP contribution in [0, 0.1) is 12.7 Å². The molecule has 0 fully saturated rings. The highest BCUT2D eigenvalue weighted by Gasteiger charge is 2.12. The number of nitrogens with zero attached hydrogens (tertiary/aromatic N) is 4. The van der Waals surface area contributed by atoms with Crippen LogP contribution in [0.1, 0.15) is 5.69 Å². The Morgan fingerprint density at radius 1 is 1.38 bits per heavy atom. The first-order valence-corrected chi connectivity index (χ1v) is 5.54. The van der Waals surface area contributed by atoms with Crippen LogP contribution < -0.4 is 0 Å². The van der Waals surface area contributed by atoms with Crippen LogP contribution in [0.3, 0.4) is 0 Å². The molecule has 0 amide bonds. The molecule has 0 aliphatic heterocycles. The fraction of sp³-hybridized carbons (Fsp3) is 0.100. The maximum absolute atomic E-state index is 12.7. The number of aryl methyl sites for hydroxylation is 1. The van der Waals surface area contributed by atoms with Gasteiger partial charge in [-0.2, -0.15) is 5.10 Å². The lowest BCUT2D eigenvalue weighted by molar-refractivity contribution is 0.622. The van der Waals surface area contributed by atoms with Crippen LogP contribution in [-0.2, 0) is 0 Å². The topological polar surface area (TPSA) is 43.1 Å². The molecule has 4 nitrogen and oxygen atoms in total. The van der Waals surface area contributed by atoms with Crippen LogP contribution >= 0.6 is 11.3 Å². The van der Waals surface area contributed by atoms with Crippen LogP contribution in [0.4, 0.5) is 4.39 Å². The minimum atomic E-state index is -0.347. The molecular weight excluding hydrogens is 227 g/mol. The van der Waals surface area contributed by atoms with Gasteiger partial charge in [0.2, 0.25) is 4.96 Å². The highest BCUT2D eigenvalue weighted by molar-refractivity contribution is 7.14. The van der Waals surface area contributed by atoms with Gasteiger partial charge in [-0.1, -0.05) is 11.3 Å². The summed E-state index contributed by atoms with van der Waals surface area (Å²) in [6.45, 7) is 1.92. The third kappa shape index (κ3) is 1.30. The van der Waals surface area contributed by atoms with Gasteiger partial charge in [0.25, 0.3) is 0 Å². The number of rotatable bonds is 1. The molecule has 0 radical (unpaired) electrons. The molecule has 0 aromatic carbocycles. The van der Waals surface area contributed by atoms with Crippen molar-refractivity contribution in [3.05, 3.63) is 35.4 Å². The molecule has 3 rings (SSSR count). The third-order valence-electron chi connectivity index (χ3n) is 2.34. The van der Waals surface area contributed by atoms with Crippen LogP contribution in [-0.4, -0.2) is 19.6 Å².